The Balaban J connectivity index is 1.59. The van der Waals surface area contributed by atoms with Crippen LogP contribution in [0.4, 0.5) is 10.1 Å². The number of hydrogen-bond acceptors (Lipinski definition) is 1. The number of hydrogen-bond donors (Lipinski definition) is 1. The molecule has 1 aliphatic rings. The van der Waals surface area contributed by atoms with Crippen molar-refractivity contribution in [1.82, 2.24) is 4.57 Å². The fourth-order valence-electron chi connectivity index (χ4n) is 3.03. The van der Waals surface area contributed by atoms with E-state index in [2.05, 4.69) is 40.1 Å². The van der Waals surface area contributed by atoms with Crippen molar-refractivity contribution in [2.75, 3.05) is 11.9 Å². The highest BCUT2D eigenvalue weighted by atomic mass is 19.1. The highest BCUT2D eigenvalue weighted by Crippen LogP contribution is 2.29. The fraction of sp³-hybridized carbons (Fsp3) is 0.368. The Morgan fingerprint density at radius 1 is 1.09 bits per heavy atom. The molecule has 3 rings (SSSR count). The van der Waals surface area contributed by atoms with Crippen LogP contribution in [0, 0.1) is 17.7 Å². The maximum Gasteiger partial charge on any atom is 0.123 e. The molecule has 0 radical (unpaired) electrons. The zero-order valence-corrected chi connectivity index (χ0v) is 12.7. The van der Waals surface area contributed by atoms with Crippen molar-refractivity contribution in [1.29, 1.82) is 0 Å². The summed E-state index contributed by atoms with van der Waals surface area (Å²) in [4.78, 5) is 0. The Kier molecular flexibility index (Phi) is 4.80. The summed E-state index contributed by atoms with van der Waals surface area (Å²) < 4.78 is 15.1. The van der Waals surface area contributed by atoms with Crippen LogP contribution in [-0.2, 0) is 0 Å². The number of rotatable bonds is 3. The third-order valence-electron chi connectivity index (χ3n) is 4.19. The van der Waals surface area contributed by atoms with Gasteiger partial charge in [-0.15, -0.1) is 0 Å². The van der Waals surface area contributed by atoms with Gasteiger partial charge < -0.3 is 9.88 Å². The summed E-state index contributed by atoms with van der Waals surface area (Å²) in [5.74, 6) is 6.18. The highest BCUT2D eigenvalue weighted by molar-refractivity contribution is 5.44. The minimum atomic E-state index is -0.220. The van der Waals surface area contributed by atoms with E-state index in [1.54, 1.807) is 12.1 Å². The molecule has 2 nitrogen and oxygen atoms in total. The van der Waals surface area contributed by atoms with E-state index < -0.39 is 0 Å². The Labute approximate surface area is 131 Å². The average Bonchev–Trinajstić information content (AvgIpc) is 3.02. The van der Waals surface area contributed by atoms with Gasteiger partial charge in [0.25, 0.3) is 0 Å². The highest BCUT2D eigenvalue weighted by Gasteiger charge is 2.15. The number of aromatic nitrogens is 1. The molecular weight excluding hydrogens is 275 g/mol. The molecule has 1 aliphatic carbocycles. The minimum Gasteiger partial charge on any atom is -0.374 e. The number of halogens is 1. The zero-order chi connectivity index (χ0) is 15.2. The Morgan fingerprint density at radius 2 is 1.86 bits per heavy atom. The van der Waals surface area contributed by atoms with Gasteiger partial charge in [-0.3, -0.25) is 0 Å². The standard InChI is InChI=1S/C19H21FN2/c20-16-10-12-17(13-11-16)21-14-4-8-19-9-5-15-22(19)18-6-2-1-3-7-18/h5,9-13,15,18,21H,1-3,6-7,14H2. The SMILES string of the molecule is Fc1ccc(NCC#Cc2cccn2C2CCCCC2)cc1. The van der Waals surface area contributed by atoms with Crippen LogP contribution in [-0.4, -0.2) is 11.1 Å². The molecule has 1 heterocycles. The molecule has 0 unspecified atom stereocenters. The second-order valence-corrected chi connectivity index (χ2v) is 5.75. The van der Waals surface area contributed by atoms with Crippen LogP contribution >= 0.6 is 0 Å². The number of nitrogens with zero attached hydrogens (tertiary/aromatic N) is 1. The lowest BCUT2D eigenvalue weighted by Gasteiger charge is -2.24. The van der Waals surface area contributed by atoms with Gasteiger partial charge in [-0.2, -0.15) is 0 Å². The Hall–Kier alpha value is -2.21. The van der Waals surface area contributed by atoms with Gasteiger partial charge in [0.05, 0.1) is 12.2 Å². The molecule has 114 valence electrons. The molecular formula is C19H21FN2. The molecule has 0 saturated heterocycles. The maximum absolute atomic E-state index is 12.8. The quantitative estimate of drug-likeness (QED) is 0.819. The summed E-state index contributed by atoms with van der Waals surface area (Å²) in [6, 6.07) is 11.1. The monoisotopic (exact) mass is 296 g/mol. The smallest absolute Gasteiger partial charge is 0.123 e. The summed E-state index contributed by atoms with van der Waals surface area (Å²) in [5.41, 5.74) is 1.98. The Bertz CT molecular complexity index is 655. The second kappa shape index (κ2) is 7.17. The van der Waals surface area contributed by atoms with Crippen LogP contribution < -0.4 is 5.32 Å². The topological polar surface area (TPSA) is 17.0 Å². The average molecular weight is 296 g/mol. The first-order chi connectivity index (χ1) is 10.8. The molecule has 0 aliphatic heterocycles. The molecule has 0 atom stereocenters. The zero-order valence-electron chi connectivity index (χ0n) is 12.7. The van der Waals surface area contributed by atoms with E-state index in [0.717, 1.165) is 11.4 Å². The molecule has 1 aromatic heterocycles. The molecule has 3 heteroatoms. The molecule has 1 saturated carbocycles. The van der Waals surface area contributed by atoms with Crippen molar-refractivity contribution in [3.8, 4) is 11.8 Å². The lowest BCUT2D eigenvalue weighted by atomic mass is 9.95. The molecule has 2 aromatic rings. The summed E-state index contributed by atoms with van der Waals surface area (Å²) in [5, 5.41) is 3.18. The van der Waals surface area contributed by atoms with Gasteiger partial charge in [0.1, 0.15) is 5.82 Å². The van der Waals surface area contributed by atoms with Gasteiger partial charge in [0.15, 0.2) is 0 Å². The van der Waals surface area contributed by atoms with E-state index in [1.165, 1.54) is 44.2 Å². The fourth-order valence-corrected chi connectivity index (χ4v) is 3.03. The molecule has 0 amide bonds. The molecule has 1 N–H and O–H groups in total. The van der Waals surface area contributed by atoms with Crippen molar-refractivity contribution in [3.05, 3.63) is 54.1 Å². The van der Waals surface area contributed by atoms with Gasteiger partial charge in [0, 0.05) is 17.9 Å². The van der Waals surface area contributed by atoms with Crippen LogP contribution in [0.1, 0.15) is 43.8 Å². The van der Waals surface area contributed by atoms with Crippen LogP contribution in [0.5, 0.6) is 0 Å². The maximum atomic E-state index is 12.8. The van der Waals surface area contributed by atoms with E-state index in [4.69, 9.17) is 0 Å². The van der Waals surface area contributed by atoms with Crippen molar-refractivity contribution in [2.24, 2.45) is 0 Å². The Morgan fingerprint density at radius 3 is 2.64 bits per heavy atom. The summed E-state index contributed by atoms with van der Waals surface area (Å²) in [6.07, 6.45) is 8.67. The van der Waals surface area contributed by atoms with Crippen LogP contribution in [0.25, 0.3) is 0 Å². The predicted octanol–water partition coefficient (Wildman–Crippen LogP) is 4.60. The number of anilines is 1. The van der Waals surface area contributed by atoms with Crippen molar-refractivity contribution >= 4 is 5.69 Å². The van der Waals surface area contributed by atoms with Gasteiger partial charge in [-0.05, 0) is 55.2 Å². The van der Waals surface area contributed by atoms with Gasteiger partial charge in [-0.1, -0.05) is 25.2 Å². The molecule has 0 spiro atoms. The van der Waals surface area contributed by atoms with E-state index in [9.17, 15) is 4.39 Å². The third kappa shape index (κ3) is 3.71. The first kappa shape index (κ1) is 14.7. The summed E-state index contributed by atoms with van der Waals surface area (Å²) in [6.45, 7) is 0.557. The minimum absolute atomic E-state index is 0.220. The summed E-state index contributed by atoms with van der Waals surface area (Å²) in [7, 11) is 0. The van der Waals surface area contributed by atoms with Gasteiger partial charge >= 0.3 is 0 Å². The van der Waals surface area contributed by atoms with Crippen molar-refractivity contribution in [3.63, 3.8) is 0 Å². The van der Waals surface area contributed by atoms with Crippen LogP contribution in [0.3, 0.4) is 0 Å². The third-order valence-corrected chi connectivity index (χ3v) is 4.19. The predicted molar refractivity (Wildman–Crippen MR) is 88.3 cm³/mol. The van der Waals surface area contributed by atoms with E-state index in [0.29, 0.717) is 12.6 Å². The summed E-state index contributed by atoms with van der Waals surface area (Å²) >= 11 is 0. The van der Waals surface area contributed by atoms with E-state index in [-0.39, 0.29) is 5.82 Å². The van der Waals surface area contributed by atoms with Crippen molar-refractivity contribution < 1.29 is 4.39 Å². The molecule has 1 fully saturated rings. The molecule has 0 bridgehead atoms. The first-order valence-corrected chi connectivity index (χ1v) is 7.98. The molecule has 22 heavy (non-hydrogen) atoms. The number of benzene rings is 1. The van der Waals surface area contributed by atoms with Gasteiger partial charge in [-0.25, -0.2) is 4.39 Å². The largest absolute Gasteiger partial charge is 0.374 e. The van der Waals surface area contributed by atoms with Crippen LogP contribution in [0.15, 0.2) is 42.6 Å². The number of nitrogens with one attached hydrogen (secondary N) is 1. The van der Waals surface area contributed by atoms with E-state index in [1.807, 2.05) is 0 Å². The normalized spacial score (nSPS) is 15.1. The van der Waals surface area contributed by atoms with Crippen molar-refractivity contribution in [2.45, 2.75) is 38.1 Å². The lowest BCUT2D eigenvalue weighted by molar-refractivity contribution is 0.352. The second-order valence-electron chi connectivity index (χ2n) is 5.75. The van der Waals surface area contributed by atoms with E-state index >= 15 is 0 Å². The molecule has 1 aromatic carbocycles. The first-order valence-electron chi connectivity index (χ1n) is 7.98. The lowest BCUT2D eigenvalue weighted by Crippen LogP contribution is -2.13. The van der Waals surface area contributed by atoms with Gasteiger partial charge in [0.2, 0.25) is 0 Å². The van der Waals surface area contributed by atoms with Crippen LogP contribution in [0.2, 0.25) is 0 Å².